The van der Waals surface area contributed by atoms with Gasteiger partial charge >= 0.3 is 0 Å². The quantitative estimate of drug-likeness (QED) is 0.465. The molecule has 2 fully saturated rings. The summed E-state index contributed by atoms with van der Waals surface area (Å²) in [6, 6.07) is 10.4. The van der Waals surface area contributed by atoms with Crippen molar-refractivity contribution in [1.29, 1.82) is 0 Å². The fourth-order valence-electron chi connectivity index (χ4n) is 4.83. The lowest BCUT2D eigenvalue weighted by Gasteiger charge is -2.31. The topological polar surface area (TPSA) is 80.5 Å². The largest absolute Gasteiger partial charge is 0.496 e. The zero-order chi connectivity index (χ0) is 23.7. The van der Waals surface area contributed by atoms with Gasteiger partial charge in [-0.1, -0.05) is 6.07 Å². The SMILES string of the molecule is COc1cc(CO)cc(OC)c1-c1cccc2c(N(CC3CCOCC3)NC3CC3)c(C)nn12. The first kappa shape index (κ1) is 23.0. The molecular weight excluding hydrogens is 432 g/mol. The van der Waals surface area contributed by atoms with E-state index in [2.05, 4.69) is 29.5 Å². The number of hydrogen-bond donors (Lipinski definition) is 2. The van der Waals surface area contributed by atoms with E-state index < -0.39 is 0 Å². The number of fused-ring (bicyclic) bond motifs is 1. The van der Waals surface area contributed by atoms with Crippen LogP contribution in [-0.4, -0.2) is 54.7 Å². The van der Waals surface area contributed by atoms with Crippen LogP contribution in [0.25, 0.3) is 16.8 Å². The summed E-state index contributed by atoms with van der Waals surface area (Å²) < 4.78 is 19.0. The van der Waals surface area contributed by atoms with Gasteiger partial charge in [-0.3, -0.25) is 0 Å². The first-order chi connectivity index (χ1) is 16.6. The summed E-state index contributed by atoms with van der Waals surface area (Å²) in [4.78, 5) is 0. The van der Waals surface area contributed by atoms with Crippen LogP contribution in [0.15, 0.2) is 30.3 Å². The van der Waals surface area contributed by atoms with Gasteiger partial charge in [0.1, 0.15) is 17.2 Å². The van der Waals surface area contributed by atoms with Crippen LogP contribution in [0.4, 0.5) is 5.69 Å². The number of hydrogen-bond acceptors (Lipinski definition) is 7. The standard InChI is InChI=1S/C26H34N4O4/c1-17-26(29(28-20-7-8-20)15-18-9-11-34-12-10-18)22-6-4-5-21(30(22)27-17)25-23(32-2)13-19(16-31)14-24(25)33-3/h4-6,13-14,18,20,28,31H,7-12,15-16H2,1-3H3. The number of nitrogens with zero attached hydrogens (tertiary/aromatic N) is 3. The van der Waals surface area contributed by atoms with E-state index in [0.29, 0.717) is 23.5 Å². The van der Waals surface area contributed by atoms with Gasteiger partial charge in [0, 0.05) is 25.8 Å². The van der Waals surface area contributed by atoms with Gasteiger partial charge < -0.3 is 24.3 Å². The van der Waals surface area contributed by atoms with Crippen LogP contribution < -0.4 is 19.9 Å². The van der Waals surface area contributed by atoms with Crippen LogP contribution in [0.1, 0.15) is 36.9 Å². The van der Waals surface area contributed by atoms with Crippen LogP contribution in [-0.2, 0) is 11.3 Å². The average Bonchev–Trinajstić information content (AvgIpc) is 3.62. The molecular formula is C26H34N4O4. The van der Waals surface area contributed by atoms with Crippen LogP contribution in [0.3, 0.4) is 0 Å². The van der Waals surface area contributed by atoms with Crippen molar-refractivity contribution in [3.63, 3.8) is 0 Å². The van der Waals surface area contributed by atoms with Gasteiger partial charge in [0.15, 0.2) is 0 Å². The van der Waals surface area contributed by atoms with E-state index in [1.807, 2.05) is 22.7 Å². The normalized spacial score (nSPS) is 16.7. The van der Waals surface area contributed by atoms with Crippen LogP contribution in [0.2, 0.25) is 0 Å². The molecule has 1 aliphatic heterocycles. The maximum atomic E-state index is 9.67. The van der Waals surface area contributed by atoms with Crippen molar-refractivity contribution in [1.82, 2.24) is 15.0 Å². The highest BCUT2D eigenvalue weighted by atomic mass is 16.5. The van der Waals surface area contributed by atoms with Gasteiger partial charge in [0.2, 0.25) is 0 Å². The van der Waals surface area contributed by atoms with Crippen molar-refractivity contribution >= 4 is 11.2 Å². The third-order valence-corrected chi connectivity index (χ3v) is 6.77. The first-order valence-electron chi connectivity index (χ1n) is 12.1. The Kier molecular flexibility index (Phi) is 6.63. The predicted octanol–water partition coefficient (Wildman–Crippen LogP) is 3.72. The monoisotopic (exact) mass is 466 g/mol. The molecule has 1 saturated carbocycles. The lowest BCUT2D eigenvalue weighted by molar-refractivity contribution is 0.0675. The van der Waals surface area contributed by atoms with E-state index in [1.54, 1.807) is 14.2 Å². The Bertz CT molecular complexity index is 1130. The van der Waals surface area contributed by atoms with E-state index in [9.17, 15) is 5.11 Å². The van der Waals surface area contributed by atoms with Gasteiger partial charge in [-0.2, -0.15) is 5.10 Å². The molecule has 0 spiro atoms. The second-order valence-electron chi connectivity index (χ2n) is 9.25. The molecule has 8 heteroatoms. The van der Waals surface area contributed by atoms with Crippen molar-refractivity contribution in [3.05, 3.63) is 41.6 Å². The van der Waals surface area contributed by atoms with Crippen molar-refractivity contribution in [3.8, 4) is 22.8 Å². The summed E-state index contributed by atoms with van der Waals surface area (Å²) in [5.41, 5.74) is 9.30. The van der Waals surface area contributed by atoms with Crippen molar-refractivity contribution in [2.45, 2.75) is 45.3 Å². The Balaban J connectivity index is 1.61. The highest BCUT2D eigenvalue weighted by molar-refractivity contribution is 5.82. The Labute approximate surface area is 200 Å². The second kappa shape index (κ2) is 9.82. The molecule has 5 rings (SSSR count). The molecule has 182 valence electrons. The van der Waals surface area contributed by atoms with E-state index in [0.717, 1.165) is 66.3 Å². The Morgan fingerprint density at radius 3 is 2.44 bits per heavy atom. The summed E-state index contributed by atoms with van der Waals surface area (Å²) in [5, 5.41) is 17.0. The van der Waals surface area contributed by atoms with Crippen molar-refractivity contribution in [2.75, 3.05) is 39.0 Å². The molecule has 3 aromatic rings. The molecule has 2 N–H and O–H groups in total. The molecule has 1 saturated heterocycles. The smallest absolute Gasteiger partial charge is 0.132 e. The number of aliphatic hydroxyl groups excluding tert-OH is 1. The Morgan fingerprint density at radius 2 is 1.82 bits per heavy atom. The number of rotatable bonds is 9. The molecule has 1 aromatic carbocycles. The molecule has 0 unspecified atom stereocenters. The molecule has 0 amide bonds. The lowest BCUT2D eigenvalue weighted by Crippen LogP contribution is -2.44. The number of aryl methyl sites for hydroxylation is 1. The minimum atomic E-state index is -0.0871. The van der Waals surface area contributed by atoms with Gasteiger partial charge in [-0.25, -0.2) is 9.94 Å². The summed E-state index contributed by atoms with van der Waals surface area (Å²) in [6.45, 7) is 4.59. The van der Waals surface area contributed by atoms with Crippen molar-refractivity contribution in [2.24, 2.45) is 5.92 Å². The van der Waals surface area contributed by atoms with Crippen molar-refractivity contribution < 1.29 is 19.3 Å². The fraction of sp³-hybridized carbons (Fsp3) is 0.500. The minimum absolute atomic E-state index is 0.0871. The number of nitrogens with one attached hydrogen (secondary N) is 1. The minimum Gasteiger partial charge on any atom is -0.496 e. The number of aromatic nitrogens is 2. The molecule has 0 radical (unpaired) electrons. The highest BCUT2D eigenvalue weighted by Crippen LogP contribution is 2.41. The molecule has 2 aliphatic rings. The lowest BCUT2D eigenvalue weighted by atomic mass is 10.00. The number of aliphatic hydroxyl groups is 1. The number of hydrazine groups is 1. The van der Waals surface area contributed by atoms with E-state index in [4.69, 9.17) is 19.3 Å². The number of methoxy groups -OCH3 is 2. The number of anilines is 1. The Morgan fingerprint density at radius 1 is 1.12 bits per heavy atom. The van der Waals surface area contributed by atoms with Crippen LogP contribution >= 0.6 is 0 Å². The first-order valence-corrected chi connectivity index (χ1v) is 12.1. The Hall–Kier alpha value is -2.81. The van der Waals surface area contributed by atoms with Crippen LogP contribution in [0.5, 0.6) is 11.5 Å². The zero-order valence-corrected chi connectivity index (χ0v) is 20.2. The molecule has 34 heavy (non-hydrogen) atoms. The van der Waals surface area contributed by atoms with E-state index in [1.165, 1.54) is 12.8 Å². The second-order valence-corrected chi connectivity index (χ2v) is 9.25. The number of pyridine rings is 1. The maximum absolute atomic E-state index is 9.67. The van der Waals surface area contributed by atoms with E-state index in [-0.39, 0.29) is 6.61 Å². The molecule has 8 nitrogen and oxygen atoms in total. The third-order valence-electron chi connectivity index (χ3n) is 6.77. The number of ether oxygens (including phenoxy) is 3. The molecule has 3 heterocycles. The molecule has 1 aliphatic carbocycles. The highest BCUT2D eigenvalue weighted by Gasteiger charge is 2.29. The van der Waals surface area contributed by atoms with Crippen LogP contribution in [0, 0.1) is 12.8 Å². The van der Waals surface area contributed by atoms with Gasteiger partial charge in [-0.05, 0) is 68.4 Å². The predicted molar refractivity (Wildman–Crippen MR) is 131 cm³/mol. The average molecular weight is 467 g/mol. The summed E-state index contributed by atoms with van der Waals surface area (Å²) in [6.07, 6.45) is 4.58. The van der Waals surface area contributed by atoms with Gasteiger partial charge in [-0.15, -0.1) is 0 Å². The summed E-state index contributed by atoms with van der Waals surface area (Å²) >= 11 is 0. The van der Waals surface area contributed by atoms with E-state index >= 15 is 0 Å². The maximum Gasteiger partial charge on any atom is 0.132 e. The number of benzene rings is 1. The molecule has 0 bridgehead atoms. The van der Waals surface area contributed by atoms with Gasteiger partial charge in [0.05, 0.1) is 43.3 Å². The molecule has 0 atom stereocenters. The zero-order valence-electron chi connectivity index (χ0n) is 20.2. The third kappa shape index (κ3) is 4.45. The summed E-state index contributed by atoms with van der Waals surface area (Å²) in [7, 11) is 3.27. The van der Waals surface area contributed by atoms with Gasteiger partial charge in [0.25, 0.3) is 0 Å². The summed E-state index contributed by atoms with van der Waals surface area (Å²) in [5.74, 6) is 1.87. The fourth-order valence-corrected chi connectivity index (χ4v) is 4.83. The molecule has 2 aromatic heterocycles.